The molecule has 102 valence electrons. The zero-order valence-corrected chi connectivity index (χ0v) is 12.1. The monoisotopic (exact) mass is 250 g/mol. The van der Waals surface area contributed by atoms with Gasteiger partial charge in [0.1, 0.15) is 5.75 Å². The second-order valence-electron chi connectivity index (χ2n) is 5.00. The van der Waals surface area contributed by atoms with Crippen molar-refractivity contribution in [3.63, 3.8) is 0 Å². The minimum Gasteiger partial charge on any atom is -0.493 e. The molecule has 0 saturated heterocycles. The highest BCUT2D eigenvalue weighted by atomic mass is 16.5. The largest absolute Gasteiger partial charge is 0.493 e. The molecule has 0 spiro atoms. The van der Waals surface area contributed by atoms with Crippen LogP contribution in [0.2, 0.25) is 0 Å². The van der Waals surface area contributed by atoms with Gasteiger partial charge in [0.2, 0.25) is 0 Å². The Labute approximate surface area is 111 Å². The molecule has 0 radical (unpaired) electrons. The summed E-state index contributed by atoms with van der Waals surface area (Å²) in [6, 6.07) is 5.95. The number of nitrogens with zero attached hydrogens (tertiary/aromatic N) is 1. The zero-order chi connectivity index (χ0) is 13.5. The molecule has 3 heteroatoms. The fourth-order valence-corrected chi connectivity index (χ4v) is 1.83. The van der Waals surface area contributed by atoms with Gasteiger partial charge in [-0.1, -0.05) is 27.2 Å². The predicted molar refractivity (Wildman–Crippen MR) is 79.4 cm³/mol. The SMILES string of the molecule is CCCOc1cc(N)cc(N(C)CC(C)CC)c1. The first-order valence-corrected chi connectivity index (χ1v) is 6.81. The van der Waals surface area contributed by atoms with Gasteiger partial charge in [0.25, 0.3) is 0 Å². The van der Waals surface area contributed by atoms with Gasteiger partial charge >= 0.3 is 0 Å². The second kappa shape index (κ2) is 7.14. The molecule has 1 unspecified atom stereocenters. The number of benzene rings is 1. The Hall–Kier alpha value is -1.38. The first kappa shape index (κ1) is 14.7. The molecule has 3 nitrogen and oxygen atoms in total. The van der Waals surface area contributed by atoms with Gasteiger partial charge in [0.15, 0.2) is 0 Å². The molecule has 1 aromatic carbocycles. The zero-order valence-electron chi connectivity index (χ0n) is 12.1. The quantitative estimate of drug-likeness (QED) is 0.752. The maximum absolute atomic E-state index is 5.93. The maximum atomic E-state index is 5.93. The van der Waals surface area contributed by atoms with Gasteiger partial charge in [0.05, 0.1) is 6.61 Å². The number of hydrogen-bond donors (Lipinski definition) is 1. The molecule has 0 bridgehead atoms. The average Bonchev–Trinajstić information content (AvgIpc) is 2.35. The highest BCUT2D eigenvalue weighted by Crippen LogP contribution is 2.25. The summed E-state index contributed by atoms with van der Waals surface area (Å²) >= 11 is 0. The van der Waals surface area contributed by atoms with Crippen molar-refractivity contribution in [1.29, 1.82) is 0 Å². The van der Waals surface area contributed by atoms with Gasteiger partial charge in [0, 0.05) is 37.1 Å². The Balaban J connectivity index is 2.77. The topological polar surface area (TPSA) is 38.5 Å². The lowest BCUT2D eigenvalue weighted by molar-refractivity contribution is 0.317. The van der Waals surface area contributed by atoms with E-state index in [0.717, 1.165) is 36.7 Å². The van der Waals surface area contributed by atoms with E-state index in [0.29, 0.717) is 5.92 Å². The van der Waals surface area contributed by atoms with Crippen LogP contribution >= 0.6 is 0 Å². The molecule has 0 aliphatic rings. The second-order valence-corrected chi connectivity index (χ2v) is 5.00. The van der Waals surface area contributed by atoms with E-state index in [4.69, 9.17) is 10.5 Å². The maximum Gasteiger partial charge on any atom is 0.123 e. The molecule has 0 heterocycles. The van der Waals surface area contributed by atoms with Crippen LogP contribution in [0.25, 0.3) is 0 Å². The summed E-state index contributed by atoms with van der Waals surface area (Å²) < 4.78 is 5.65. The molecule has 0 fully saturated rings. The first-order chi connectivity index (χ1) is 8.56. The lowest BCUT2D eigenvalue weighted by Crippen LogP contribution is -2.23. The van der Waals surface area contributed by atoms with Crippen molar-refractivity contribution >= 4 is 11.4 Å². The van der Waals surface area contributed by atoms with Gasteiger partial charge < -0.3 is 15.4 Å². The van der Waals surface area contributed by atoms with Crippen LogP contribution in [-0.2, 0) is 0 Å². The molecular weight excluding hydrogens is 224 g/mol. The number of hydrogen-bond acceptors (Lipinski definition) is 3. The van der Waals surface area contributed by atoms with Gasteiger partial charge in [-0.2, -0.15) is 0 Å². The fourth-order valence-electron chi connectivity index (χ4n) is 1.83. The van der Waals surface area contributed by atoms with Crippen LogP contribution in [0.15, 0.2) is 18.2 Å². The Morgan fingerprint density at radius 2 is 2.00 bits per heavy atom. The molecule has 1 aromatic rings. The highest BCUT2D eigenvalue weighted by Gasteiger charge is 2.08. The van der Waals surface area contributed by atoms with Crippen LogP contribution in [0.5, 0.6) is 5.75 Å². The number of rotatable bonds is 7. The van der Waals surface area contributed by atoms with Gasteiger partial charge in [-0.05, 0) is 18.4 Å². The minimum absolute atomic E-state index is 0.677. The van der Waals surface area contributed by atoms with Crippen molar-refractivity contribution in [3.8, 4) is 5.75 Å². The smallest absolute Gasteiger partial charge is 0.123 e. The summed E-state index contributed by atoms with van der Waals surface area (Å²) in [5.74, 6) is 1.54. The van der Waals surface area contributed by atoms with E-state index in [1.807, 2.05) is 12.1 Å². The van der Waals surface area contributed by atoms with E-state index < -0.39 is 0 Å². The van der Waals surface area contributed by atoms with E-state index in [1.165, 1.54) is 6.42 Å². The highest BCUT2D eigenvalue weighted by molar-refractivity contribution is 5.60. The predicted octanol–water partition coefficient (Wildman–Crippen LogP) is 3.54. The Morgan fingerprint density at radius 3 is 2.61 bits per heavy atom. The average molecular weight is 250 g/mol. The standard InChI is InChI=1S/C15H26N2O/c1-5-7-18-15-9-13(16)8-14(10-15)17(4)11-12(3)6-2/h8-10,12H,5-7,11,16H2,1-4H3. The van der Waals surface area contributed by atoms with E-state index in [2.05, 4.69) is 38.8 Å². The molecule has 0 aliphatic carbocycles. The number of nitrogen functional groups attached to an aromatic ring is 1. The molecule has 18 heavy (non-hydrogen) atoms. The van der Waals surface area contributed by atoms with E-state index in [-0.39, 0.29) is 0 Å². The third-order valence-electron chi connectivity index (χ3n) is 3.11. The van der Waals surface area contributed by atoms with Crippen LogP contribution in [0.3, 0.4) is 0 Å². The Kier molecular flexibility index (Phi) is 5.83. The normalized spacial score (nSPS) is 12.2. The molecule has 0 saturated carbocycles. The summed E-state index contributed by atoms with van der Waals surface area (Å²) in [4.78, 5) is 2.24. The molecule has 1 rings (SSSR count). The Morgan fingerprint density at radius 1 is 1.28 bits per heavy atom. The summed E-state index contributed by atoms with van der Waals surface area (Å²) in [6.45, 7) is 8.35. The van der Waals surface area contributed by atoms with Crippen molar-refractivity contribution in [3.05, 3.63) is 18.2 Å². The van der Waals surface area contributed by atoms with Crippen molar-refractivity contribution in [2.45, 2.75) is 33.6 Å². The lowest BCUT2D eigenvalue weighted by atomic mass is 10.1. The van der Waals surface area contributed by atoms with Gasteiger partial charge in [-0.3, -0.25) is 0 Å². The number of anilines is 2. The number of nitrogens with two attached hydrogens (primary N) is 1. The first-order valence-electron chi connectivity index (χ1n) is 6.81. The van der Waals surface area contributed by atoms with Crippen LogP contribution in [-0.4, -0.2) is 20.2 Å². The summed E-state index contributed by atoms with van der Waals surface area (Å²) in [7, 11) is 2.10. The summed E-state index contributed by atoms with van der Waals surface area (Å²) in [5, 5.41) is 0. The molecule has 0 aliphatic heterocycles. The Bertz CT molecular complexity index is 366. The fraction of sp³-hybridized carbons (Fsp3) is 0.600. The van der Waals surface area contributed by atoms with E-state index in [9.17, 15) is 0 Å². The summed E-state index contributed by atoms with van der Waals surface area (Å²) in [5.41, 5.74) is 7.81. The van der Waals surface area contributed by atoms with Crippen LogP contribution in [0, 0.1) is 5.92 Å². The molecular formula is C15H26N2O. The van der Waals surface area contributed by atoms with Crippen LogP contribution < -0.4 is 15.4 Å². The minimum atomic E-state index is 0.677. The third kappa shape index (κ3) is 4.47. The van der Waals surface area contributed by atoms with Crippen molar-refractivity contribution in [2.24, 2.45) is 5.92 Å². The van der Waals surface area contributed by atoms with Crippen molar-refractivity contribution in [1.82, 2.24) is 0 Å². The van der Waals surface area contributed by atoms with Gasteiger partial charge in [-0.15, -0.1) is 0 Å². The third-order valence-corrected chi connectivity index (χ3v) is 3.11. The van der Waals surface area contributed by atoms with Crippen LogP contribution in [0.4, 0.5) is 11.4 Å². The van der Waals surface area contributed by atoms with Crippen LogP contribution in [0.1, 0.15) is 33.6 Å². The van der Waals surface area contributed by atoms with Crippen molar-refractivity contribution < 1.29 is 4.74 Å². The van der Waals surface area contributed by atoms with Gasteiger partial charge in [-0.25, -0.2) is 0 Å². The lowest BCUT2D eigenvalue weighted by Gasteiger charge is -2.23. The number of ether oxygens (including phenoxy) is 1. The van der Waals surface area contributed by atoms with Crippen molar-refractivity contribution in [2.75, 3.05) is 30.8 Å². The molecule has 2 N–H and O–H groups in total. The summed E-state index contributed by atoms with van der Waals surface area (Å²) in [6.07, 6.45) is 2.19. The molecule has 1 atom stereocenters. The van der Waals surface area contributed by atoms with E-state index >= 15 is 0 Å². The molecule has 0 aromatic heterocycles. The molecule has 0 amide bonds. The van der Waals surface area contributed by atoms with E-state index in [1.54, 1.807) is 0 Å².